The Labute approximate surface area is 182 Å². The molecule has 0 saturated carbocycles. The Kier molecular flexibility index (Phi) is 6.30. The molecule has 1 aromatic rings. The number of amides is 3. The van der Waals surface area contributed by atoms with Crippen LogP contribution in [0.15, 0.2) is 24.3 Å². The molecule has 3 fully saturated rings. The highest BCUT2D eigenvalue weighted by Crippen LogP contribution is 2.34. The fraction of sp³-hybridized carbons (Fsp3) is 0.600. The van der Waals surface area contributed by atoms with Crippen molar-refractivity contribution in [2.24, 2.45) is 11.7 Å². The number of fused-ring (bicyclic) bond motifs is 2. The van der Waals surface area contributed by atoms with Gasteiger partial charge in [-0.05, 0) is 44.1 Å². The van der Waals surface area contributed by atoms with Crippen molar-refractivity contribution in [3.05, 3.63) is 29.8 Å². The van der Waals surface area contributed by atoms with E-state index >= 15 is 0 Å². The van der Waals surface area contributed by atoms with Crippen molar-refractivity contribution in [2.75, 3.05) is 25.0 Å². The van der Waals surface area contributed by atoms with Crippen LogP contribution in [0.5, 0.6) is 0 Å². The number of ether oxygens (including phenoxy) is 2. The zero-order chi connectivity index (χ0) is 23.0. The van der Waals surface area contributed by atoms with Crippen LogP contribution in [0.3, 0.4) is 0 Å². The maximum atomic E-state index is 12.9. The lowest BCUT2D eigenvalue weighted by Gasteiger charge is -2.45. The Morgan fingerprint density at radius 1 is 1.22 bits per heavy atom. The topological polar surface area (TPSA) is 126 Å². The molecule has 1 aromatic carbocycles. The second kappa shape index (κ2) is 8.85. The molecule has 3 saturated heterocycles. The number of alkyl halides is 3. The smallest absolute Gasteiger partial charge is 0.389 e. The molecule has 2 bridgehead atoms. The number of aliphatic hydroxyl groups excluding tert-OH is 1. The van der Waals surface area contributed by atoms with Crippen molar-refractivity contribution in [2.45, 2.75) is 49.6 Å². The van der Waals surface area contributed by atoms with Crippen molar-refractivity contribution < 1.29 is 37.3 Å². The first-order chi connectivity index (χ1) is 15.1. The third kappa shape index (κ3) is 4.68. The van der Waals surface area contributed by atoms with Crippen molar-refractivity contribution in [3.8, 4) is 0 Å². The monoisotopic (exact) mass is 458 g/mol. The maximum absolute atomic E-state index is 12.9. The fourth-order valence-electron chi connectivity index (χ4n) is 4.54. The predicted octanol–water partition coefficient (Wildman–Crippen LogP) is 0.877. The largest absolute Gasteiger partial charge is 0.416 e. The molecule has 176 valence electrons. The van der Waals surface area contributed by atoms with Gasteiger partial charge < -0.3 is 30.9 Å². The number of nitrogens with one attached hydrogen (secondary N) is 2. The van der Waals surface area contributed by atoms with Crippen molar-refractivity contribution in [1.29, 1.82) is 0 Å². The molecule has 0 aliphatic carbocycles. The number of carbonyl (C=O) groups is 2. The van der Waals surface area contributed by atoms with E-state index in [9.17, 15) is 27.9 Å². The first kappa shape index (κ1) is 22.8. The lowest BCUT2D eigenvalue weighted by Crippen LogP contribution is -2.66. The Bertz CT molecular complexity index is 862. The van der Waals surface area contributed by atoms with Gasteiger partial charge in [0.25, 0.3) is 0 Å². The van der Waals surface area contributed by atoms with Crippen molar-refractivity contribution >= 4 is 17.6 Å². The number of nitrogens with two attached hydrogens (primary N) is 1. The molecule has 3 aliphatic rings. The average molecular weight is 458 g/mol. The number of aliphatic hydroxyl groups is 1. The van der Waals surface area contributed by atoms with E-state index in [1.165, 1.54) is 12.1 Å². The normalized spacial score (nSPS) is 31.3. The Morgan fingerprint density at radius 2 is 1.94 bits per heavy atom. The number of rotatable bonds is 4. The number of carbonyl (C=O) groups excluding carboxylic acids is 2. The molecule has 5 atom stereocenters. The quantitative estimate of drug-likeness (QED) is 0.531. The first-order valence-electron chi connectivity index (χ1n) is 10.4. The molecule has 0 unspecified atom stereocenters. The second-order valence-electron chi connectivity index (χ2n) is 8.27. The molecule has 0 aromatic heterocycles. The highest BCUT2D eigenvalue weighted by atomic mass is 19.4. The number of anilines is 1. The third-order valence-corrected chi connectivity index (χ3v) is 6.23. The van der Waals surface area contributed by atoms with Gasteiger partial charge in [0.2, 0.25) is 5.91 Å². The van der Waals surface area contributed by atoms with Crippen LogP contribution in [-0.4, -0.2) is 72.2 Å². The van der Waals surface area contributed by atoms with Gasteiger partial charge in [-0.15, -0.1) is 0 Å². The minimum absolute atomic E-state index is 0.0332. The predicted molar refractivity (Wildman–Crippen MR) is 105 cm³/mol. The van der Waals surface area contributed by atoms with Crippen LogP contribution in [0.25, 0.3) is 0 Å². The number of likely N-dealkylation sites (tertiary alicyclic amines) is 1. The summed E-state index contributed by atoms with van der Waals surface area (Å²) in [5, 5.41) is 16.0. The van der Waals surface area contributed by atoms with Crippen LogP contribution >= 0.6 is 0 Å². The number of nitrogens with zero attached hydrogens (tertiary/aromatic N) is 1. The van der Waals surface area contributed by atoms with Gasteiger partial charge >= 0.3 is 12.2 Å². The van der Waals surface area contributed by atoms with Crippen molar-refractivity contribution in [3.63, 3.8) is 0 Å². The second-order valence-corrected chi connectivity index (χ2v) is 8.27. The van der Waals surface area contributed by atoms with Gasteiger partial charge in [0.1, 0.15) is 6.10 Å². The molecule has 3 aliphatic heterocycles. The van der Waals surface area contributed by atoms with Gasteiger partial charge in [-0.2, -0.15) is 13.2 Å². The SMILES string of the molecule is NC(=O)C1CCN([C@H]2[C@@H]3OC[C@@H](O3)[C@@H](NC(=O)Nc3cccc(C(F)(F)F)c3)[C@@H]2O)CC1. The number of hydrogen-bond donors (Lipinski definition) is 4. The van der Waals surface area contributed by atoms with E-state index < -0.39 is 48.4 Å². The van der Waals surface area contributed by atoms with E-state index in [1.807, 2.05) is 4.90 Å². The van der Waals surface area contributed by atoms with Gasteiger partial charge in [0, 0.05) is 11.6 Å². The zero-order valence-corrected chi connectivity index (χ0v) is 17.0. The molecule has 4 rings (SSSR count). The molecule has 0 radical (unpaired) electrons. The number of piperidine rings is 1. The molecule has 9 nitrogen and oxygen atoms in total. The summed E-state index contributed by atoms with van der Waals surface area (Å²) in [4.78, 5) is 25.9. The lowest BCUT2D eigenvalue weighted by atomic mass is 9.90. The highest BCUT2D eigenvalue weighted by molar-refractivity contribution is 5.89. The Morgan fingerprint density at radius 3 is 2.59 bits per heavy atom. The molecule has 12 heteroatoms. The van der Waals surface area contributed by atoms with Crippen LogP contribution in [0, 0.1) is 5.92 Å². The molecular formula is C20H25F3N4O5. The highest BCUT2D eigenvalue weighted by Gasteiger charge is 2.53. The molecule has 3 amide bonds. The zero-order valence-electron chi connectivity index (χ0n) is 17.0. The molecule has 5 N–H and O–H groups in total. The third-order valence-electron chi connectivity index (χ3n) is 6.23. The van der Waals surface area contributed by atoms with Crippen molar-refractivity contribution in [1.82, 2.24) is 10.2 Å². The minimum atomic E-state index is -4.53. The van der Waals surface area contributed by atoms with E-state index in [0.717, 1.165) is 12.1 Å². The summed E-state index contributed by atoms with van der Waals surface area (Å²) in [5.41, 5.74) is 4.46. The molecular weight excluding hydrogens is 433 g/mol. The van der Waals surface area contributed by atoms with Gasteiger partial charge in [-0.25, -0.2) is 4.79 Å². The van der Waals surface area contributed by atoms with E-state index in [4.69, 9.17) is 15.2 Å². The van der Waals surface area contributed by atoms with Crippen LogP contribution < -0.4 is 16.4 Å². The standard InChI is InChI=1S/C20H25F3N4O5/c21-20(22,23)11-2-1-3-12(8-11)25-19(30)26-14-13-9-31-18(32-13)15(16(14)28)27-6-4-10(5-7-27)17(24)29/h1-3,8,10,13-16,18,28H,4-7,9H2,(H2,24,29)(H2,25,26,30)/t13-,14-,15-,16+,18-/m1/s1. The molecule has 32 heavy (non-hydrogen) atoms. The summed E-state index contributed by atoms with van der Waals surface area (Å²) >= 11 is 0. The Hall–Kier alpha value is -2.41. The van der Waals surface area contributed by atoms with Crippen LogP contribution in [0.4, 0.5) is 23.7 Å². The van der Waals surface area contributed by atoms with Crippen LogP contribution in [-0.2, 0) is 20.4 Å². The summed E-state index contributed by atoms with van der Waals surface area (Å²) in [7, 11) is 0. The molecule has 0 spiro atoms. The minimum Gasteiger partial charge on any atom is -0.389 e. The number of benzene rings is 1. The van der Waals surface area contributed by atoms with Crippen LogP contribution in [0.2, 0.25) is 0 Å². The van der Waals surface area contributed by atoms with E-state index in [2.05, 4.69) is 10.6 Å². The fourth-order valence-corrected chi connectivity index (χ4v) is 4.54. The summed E-state index contributed by atoms with van der Waals surface area (Å²) in [6.45, 7) is 1.17. The van der Waals surface area contributed by atoms with Gasteiger partial charge in [0.05, 0.1) is 30.4 Å². The number of urea groups is 1. The van der Waals surface area contributed by atoms with Crippen LogP contribution in [0.1, 0.15) is 18.4 Å². The van der Waals surface area contributed by atoms with E-state index in [0.29, 0.717) is 25.9 Å². The number of primary amides is 1. The number of halogens is 3. The summed E-state index contributed by atoms with van der Waals surface area (Å²) in [6, 6.07) is 2.09. The average Bonchev–Trinajstić information content (AvgIpc) is 3.16. The van der Waals surface area contributed by atoms with E-state index in [1.54, 1.807) is 0 Å². The first-order valence-corrected chi connectivity index (χ1v) is 10.4. The van der Waals surface area contributed by atoms with Gasteiger partial charge in [0.15, 0.2) is 6.29 Å². The van der Waals surface area contributed by atoms with E-state index in [-0.39, 0.29) is 24.1 Å². The van der Waals surface area contributed by atoms with Gasteiger partial charge in [-0.1, -0.05) is 6.07 Å². The van der Waals surface area contributed by atoms with Gasteiger partial charge in [-0.3, -0.25) is 9.69 Å². The Balaban J connectivity index is 1.41. The number of hydrogen-bond acceptors (Lipinski definition) is 6. The summed E-state index contributed by atoms with van der Waals surface area (Å²) < 4.78 is 50.2. The summed E-state index contributed by atoms with van der Waals surface area (Å²) in [5.74, 6) is -0.578. The molecule has 3 heterocycles. The summed E-state index contributed by atoms with van der Waals surface area (Å²) in [6.07, 6.45) is -5.76. The lowest BCUT2D eigenvalue weighted by molar-refractivity contribution is -0.184. The maximum Gasteiger partial charge on any atom is 0.416 e.